The first-order chi connectivity index (χ1) is 62.3. The zero-order valence-corrected chi connectivity index (χ0v) is 75.1. The van der Waals surface area contributed by atoms with Gasteiger partial charge in [-0.3, -0.25) is 0 Å². The van der Waals surface area contributed by atoms with E-state index in [1.807, 2.05) is 236 Å². The van der Waals surface area contributed by atoms with Crippen molar-refractivity contribution < 1.29 is 47.5 Å². The number of rotatable bonds is 25. The number of thiazole rings is 1. The monoisotopic (exact) mass is 1850 g/mol. The molecule has 0 spiro atoms. The predicted molar refractivity (Wildman–Crippen MR) is 536 cm³/mol. The Kier molecular flexibility index (Phi) is 25.5. The number of anilines is 15. The third-order valence-corrected chi connectivity index (χ3v) is 22.5. The van der Waals surface area contributed by atoms with E-state index in [-0.39, 0.29) is 0 Å². The molecule has 10 aromatic carbocycles. The maximum Gasteiger partial charge on any atom is 0.299 e. The van der Waals surface area contributed by atoms with E-state index in [1.165, 1.54) is 6.39 Å². The maximum absolute atomic E-state index is 11.8. The summed E-state index contributed by atoms with van der Waals surface area (Å²) >= 11 is 1.59. The lowest BCUT2D eigenvalue weighted by molar-refractivity contribution is 0.590. The number of aromatic nitrogens is 11. The van der Waals surface area contributed by atoms with Crippen molar-refractivity contribution in [2.45, 2.75) is 0 Å². The lowest BCUT2D eigenvalue weighted by atomic mass is 10.1. The topological polar surface area (TPSA) is 435 Å². The van der Waals surface area contributed by atoms with Gasteiger partial charge in [0.05, 0.1) is 64.1 Å². The molecule has 0 amide bonds. The molecule has 0 aliphatic rings. The van der Waals surface area contributed by atoms with Crippen molar-refractivity contribution in [3.05, 3.63) is 286 Å². The Balaban J connectivity index is 0.000000119. The normalized spacial score (nSPS) is 13.4. The smallest absolute Gasteiger partial charge is 0.299 e. The van der Waals surface area contributed by atoms with Gasteiger partial charge in [-0.25, -0.2) is 60.9 Å². The molecule has 32 nitrogen and oxygen atoms in total. The van der Waals surface area contributed by atoms with Crippen molar-refractivity contribution in [2.75, 3.05) is 81.5 Å². The molecule has 10 aromatic heterocycles. The summed E-state index contributed by atoms with van der Waals surface area (Å²) in [6.45, 7) is 0. The highest BCUT2D eigenvalue weighted by molar-refractivity contribution is 8.02. The van der Waals surface area contributed by atoms with Gasteiger partial charge in [-0.05, 0) is 216 Å². The average Bonchev–Trinajstić information content (AvgIpc) is 1.42. The van der Waals surface area contributed by atoms with Gasteiger partial charge in [-0.2, -0.15) is 0 Å². The molecule has 0 radical (unpaired) electrons. The van der Waals surface area contributed by atoms with Crippen LogP contribution in [-0.4, -0.2) is 136 Å². The van der Waals surface area contributed by atoms with Gasteiger partial charge < -0.3 is 91.6 Å². The highest BCUT2D eigenvalue weighted by Gasteiger charge is 2.17. The predicted octanol–water partition coefficient (Wildman–Crippen LogP) is 20.4. The van der Waals surface area contributed by atoms with E-state index in [2.05, 4.69) is 134 Å². The van der Waals surface area contributed by atoms with Crippen LogP contribution in [-0.2, 0) is 48.5 Å². The second-order valence-corrected chi connectivity index (χ2v) is 42.0. The molecule has 0 bridgehead atoms. The summed E-state index contributed by atoms with van der Waals surface area (Å²) in [6, 6.07) is 70.2. The first kappa shape index (κ1) is 87.7. The minimum absolute atomic E-state index is 0.349. The Morgan fingerprint density at radius 1 is 0.315 bits per heavy atom. The summed E-state index contributed by atoms with van der Waals surface area (Å²) in [5.41, 5.74) is 19.1. The molecule has 130 heavy (non-hydrogen) atoms. The molecule has 0 aliphatic heterocycles. The minimum Gasteiger partial charge on any atom is -0.443 e. The van der Waals surface area contributed by atoms with Gasteiger partial charge in [0.15, 0.2) is 40.8 Å². The highest BCUT2D eigenvalue weighted by atomic mass is 32.2. The summed E-state index contributed by atoms with van der Waals surface area (Å²) in [7, 11) is -11.7. The van der Waals surface area contributed by atoms with Crippen LogP contribution >= 0.6 is 11.3 Å². The minimum atomic E-state index is -2.34. The summed E-state index contributed by atoms with van der Waals surface area (Å²) in [5.74, 6) is 21.3. The Morgan fingerprint density at radius 3 is 1.09 bits per heavy atom. The van der Waals surface area contributed by atoms with Crippen LogP contribution in [0, 0.1) is 0 Å². The molecule has 0 aliphatic carbocycles. The second kappa shape index (κ2) is 37.8. The summed E-state index contributed by atoms with van der Waals surface area (Å²) in [5, 5.41) is 18.9. The molecule has 38 heteroatoms. The highest BCUT2D eigenvalue weighted by Crippen LogP contribution is 2.36. The number of fused-ring (bicyclic) bond motifs is 5. The number of benzene rings is 10. The Bertz CT molecular complexity index is 6970. The number of hydrogen-bond donors (Lipinski definition) is 13. The third kappa shape index (κ3) is 24.3. The van der Waals surface area contributed by atoms with Crippen LogP contribution in [0.15, 0.2) is 313 Å². The van der Waals surface area contributed by atoms with E-state index in [0.29, 0.717) is 92.9 Å². The van der Waals surface area contributed by atoms with Gasteiger partial charge in [0.2, 0.25) is 0 Å². The summed E-state index contributed by atoms with van der Waals surface area (Å²) in [6.07, 6.45) is 25.0. The van der Waals surface area contributed by atoms with Crippen molar-refractivity contribution in [1.82, 2.24) is 54.8 Å². The van der Waals surface area contributed by atoms with Crippen LogP contribution in [0.2, 0.25) is 0 Å². The van der Waals surface area contributed by atoms with Crippen molar-refractivity contribution in [1.29, 1.82) is 0 Å². The number of nitrogens with one attached hydrogen (secondary N) is 13. The largest absolute Gasteiger partial charge is 0.443 e. The molecule has 10 heterocycles. The molecule has 13 N–H and O–H groups in total. The van der Waals surface area contributed by atoms with Gasteiger partial charge in [0, 0.05) is 194 Å². The zero-order chi connectivity index (χ0) is 90.7. The number of H-pyrrole nitrogens is 3. The molecule has 20 aromatic rings. The van der Waals surface area contributed by atoms with E-state index in [9.17, 15) is 21.0 Å². The first-order valence-corrected chi connectivity index (χ1v) is 50.8. The molecule has 660 valence electrons. The van der Waals surface area contributed by atoms with Crippen LogP contribution < -0.4 is 50.2 Å². The number of nitrogens with zero attached hydrogens (tertiary/aromatic N) is 8. The number of imidazole rings is 1. The summed E-state index contributed by atoms with van der Waals surface area (Å²) < 4.78 is 109. The molecule has 0 saturated heterocycles. The molecular formula is C92H85N21O11S6. The summed E-state index contributed by atoms with van der Waals surface area (Å²) in [4.78, 5) is 43.3. The quantitative estimate of drug-likeness (QED) is 0.0236. The lowest BCUT2D eigenvalue weighted by Crippen LogP contribution is -2.09. The van der Waals surface area contributed by atoms with Crippen molar-refractivity contribution >= 4 is 230 Å². The van der Waals surface area contributed by atoms with Crippen LogP contribution in [0.25, 0.3) is 111 Å². The van der Waals surface area contributed by atoms with Crippen molar-refractivity contribution in [2.24, 2.45) is 0 Å². The third-order valence-electron chi connectivity index (χ3n) is 18.4. The molecule has 5 unspecified atom stereocenters. The Hall–Kier alpha value is -15.7. The van der Waals surface area contributed by atoms with E-state index in [0.717, 1.165) is 105 Å². The van der Waals surface area contributed by atoms with E-state index in [1.54, 1.807) is 86.0 Å². The molecule has 20 rings (SSSR count). The van der Waals surface area contributed by atoms with Gasteiger partial charge in [-0.15, -0.1) is 11.3 Å². The molecule has 0 saturated carbocycles. The van der Waals surface area contributed by atoms with Gasteiger partial charge >= 0.3 is 0 Å². The number of hydrogen-bond acceptors (Lipinski definition) is 25. The van der Waals surface area contributed by atoms with Gasteiger partial charge in [-0.1, -0.05) is 42.5 Å². The average molecular weight is 1850 g/mol. The Morgan fingerprint density at radius 2 is 0.669 bits per heavy atom. The second-order valence-electron chi connectivity index (χ2n) is 30.0. The van der Waals surface area contributed by atoms with E-state index in [4.69, 9.17) is 26.5 Å². The fourth-order valence-corrected chi connectivity index (χ4v) is 16.9. The van der Waals surface area contributed by atoms with Gasteiger partial charge in [0.25, 0.3) is 30.1 Å². The standard InChI is InChI=1S/2C19H18N4O2S.C18H17N5O2S.C18H16N4O3S.C18H16N4O2S2/c1-26(2,24)23-17-5-3-4-16(9-17)22-19-21-12-18(25-19)13-6-7-14-10-20-11-15(14)8-13;1-26(2,24)23-16-5-3-4-15(11-16)22-19-21-12-18(25-19)14-6-7-17-13(10-14)8-9-20-17;1-26(2,24)23-14-5-3-4-13(9-14)22-18-19-10-17(25-18)12-6-7-15-16(8-12)21-11-20-15;1-26(2,23)22-14-5-3-4-13(9-14)21-18-19-10-17(25-18)12-6-7-15-16(8-12)24-11-20-15;1-26(2,23)22-14-5-3-4-13(9-14)21-18-19-10-16(24-18)12-6-7-15-17(8-12)25-11-20-15/h2*3-12,20H,1H2,2H3,(H,21,22)(H,23,24);3-11H,1H2,2H3,(H,19,22)(H,20,21)(H,23,24);2*3-11H,1H2,2H3,(H,19,21)(H,22,23). The van der Waals surface area contributed by atoms with Crippen LogP contribution in [0.4, 0.5) is 86.9 Å². The number of oxazole rings is 6. The van der Waals surface area contributed by atoms with Crippen molar-refractivity contribution in [3.63, 3.8) is 0 Å². The molecular weight excluding hydrogens is 1770 g/mol. The SMILES string of the molecule is C=S(C)(=O)Nc1cccc(Nc2ncc(-c3ccc4[nH]ccc4c3)o2)c1.C=S(C)(=O)Nc1cccc(Nc2ncc(-c3ccc4c[nH]cc4c3)o2)c1.C=S(C)(=O)Nc1cccc(Nc2ncc(-c3ccc4nc[nH]c4c3)o2)c1.C=S(C)(=O)Nc1cccc(Nc2ncc(-c3ccc4ncoc4c3)o2)c1.C=S(C)(=O)Nc1cccc(Nc2ncc(-c3ccc4ncsc4c3)o2)c1. The molecule has 0 fully saturated rings. The van der Waals surface area contributed by atoms with Gasteiger partial charge in [0.1, 0.15) is 5.52 Å². The van der Waals surface area contributed by atoms with Crippen molar-refractivity contribution in [3.8, 4) is 56.6 Å². The van der Waals surface area contributed by atoms with Crippen LogP contribution in [0.3, 0.4) is 0 Å². The fourth-order valence-electron chi connectivity index (χ4n) is 13.0. The fraction of sp³-hybridized carbons (Fsp3) is 0.0543. The van der Waals surface area contributed by atoms with E-state index < -0.39 is 48.5 Å². The maximum atomic E-state index is 11.8. The van der Waals surface area contributed by atoms with E-state index >= 15 is 0 Å². The van der Waals surface area contributed by atoms with Crippen LogP contribution in [0.5, 0.6) is 0 Å². The van der Waals surface area contributed by atoms with Crippen LogP contribution in [0.1, 0.15) is 0 Å². The lowest BCUT2D eigenvalue weighted by Gasteiger charge is -2.09. The Labute approximate surface area is 751 Å². The number of aromatic amines is 3. The first-order valence-electron chi connectivity index (χ1n) is 39.2. The zero-order valence-electron chi connectivity index (χ0n) is 70.2. The molecule has 5 atom stereocenters.